The summed E-state index contributed by atoms with van der Waals surface area (Å²) in [6, 6.07) is 13.1. The molecule has 0 aliphatic carbocycles. The highest BCUT2D eigenvalue weighted by Crippen LogP contribution is 2.27. The molecule has 3 aromatic rings. The van der Waals surface area contributed by atoms with Gasteiger partial charge in [0.2, 0.25) is 5.91 Å². The van der Waals surface area contributed by atoms with Gasteiger partial charge in [-0.25, -0.2) is 4.98 Å². The Morgan fingerprint density at radius 3 is 2.62 bits per heavy atom. The van der Waals surface area contributed by atoms with Crippen molar-refractivity contribution in [2.45, 2.75) is 50.7 Å². The maximum atomic E-state index is 13.1. The summed E-state index contributed by atoms with van der Waals surface area (Å²) in [4.78, 5) is 30.3. The van der Waals surface area contributed by atoms with Crippen LogP contribution in [0, 0.1) is 0 Å². The molecule has 0 radical (unpaired) electrons. The molecule has 0 aliphatic rings. The van der Waals surface area contributed by atoms with Crippen molar-refractivity contribution in [2.75, 3.05) is 26.5 Å². The lowest BCUT2D eigenvalue weighted by atomic mass is 10.1. The molecule has 0 saturated heterocycles. The Balaban J connectivity index is 1.61. The van der Waals surface area contributed by atoms with Gasteiger partial charge in [-0.2, -0.15) is 0 Å². The third-order valence-electron chi connectivity index (χ3n) is 5.58. The van der Waals surface area contributed by atoms with Crippen LogP contribution in [-0.4, -0.2) is 42.0 Å². The summed E-state index contributed by atoms with van der Waals surface area (Å²) in [6.45, 7) is 3.28. The first-order chi connectivity index (χ1) is 16.6. The number of fused-ring (bicyclic) bond motifs is 1. The zero-order chi connectivity index (χ0) is 24.3. The summed E-state index contributed by atoms with van der Waals surface area (Å²) in [7, 11) is 3.20. The topological polar surface area (TPSA) is 82.5 Å². The molecule has 0 unspecified atom stereocenters. The van der Waals surface area contributed by atoms with Gasteiger partial charge in [0.25, 0.3) is 5.56 Å². The molecule has 182 valence electrons. The van der Waals surface area contributed by atoms with Crippen molar-refractivity contribution in [3.05, 3.63) is 58.4 Å². The van der Waals surface area contributed by atoms with E-state index in [-0.39, 0.29) is 17.2 Å². The average molecular weight is 484 g/mol. The number of methoxy groups -OCH3 is 2. The summed E-state index contributed by atoms with van der Waals surface area (Å²) in [5.74, 6) is 1.45. The van der Waals surface area contributed by atoms with Crippen LogP contribution >= 0.6 is 11.8 Å². The number of nitrogens with one attached hydrogen (secondary N) is 1. The van der Waals surface area contributed by atoms with Gasteiger partial charge in [-0.3, -0.25) is 14.2 Å². The number of thioether (sulfide) groups is 1. The minimum Gasteiger partial charge on any atom is -0.493 e. The first-order valence-electron chi connectivity index (χ1n) is 11.7. The van der Waals surface area contributed by atoms with Gasteiger partial charge in [0.1, 0.15) is 0 Å². The largest absolute Gasteiger partial charge is 0.493 e. The highest BCUT2D eigenvalue weighted by molar-refractivity contribution is 7.99. The number of aromatic nitrogens is 2. The van der Waals surface area contributed by atoms with Gasteiger partial charge in [0.05, 0.1) is 30.9 Å². The molecule has 0 saturated carbocycles. The van der Waals surface area contributed by atoms with E-state index < -0.39 is 0 Å². The van der Waals surface area contributed by atoms with Crippen LogP contribution in [0.5, 0.6) is 11.5 Å². The maximum Gasteiger partial charge on any atom is 0.262 e. The van der Waals surface area contributed by atoms with E-state index in [1.54, 1.807) is 18.8 Å². The zero-order valence-electron chi connectivity index (χ0n) is 20.1. The van der Waals surface area contributed by atoms with Gasteiger partial charge in [-0.1, -0.05) is 56.1 Å². The van der Waals surface area contributed by atoms with Crippen LogP contribution in [0.3, 0.4) is 0 Å². The first-order valence-corrected chi connectivity index (χ1v) is 12.7. The molecule has 0 spiro atoms. The van der Waals surface area contributed by atoms with E-state index in [1.807, 2.05) is 42.5 Å². The Labute approximate surface area is 204 Å². The lowest BCUT2D eigenvalue weighted by Gasteiger charge is -2.13. The normalized spacial score (nSPS) is 10.9. The van der Waals surface area contributed by atoms with Gasteiger partial charge >= 0.3 is 0 Å². The number of carbonyl (C=O) groups excluding carboxylic acids is 1. The van der Waals surface area contributed by atoms with Crippen molar-refractivity contribution in [1.29, 1.82) is 0 Å². The number of ether oxygens (including phenoxy) is 2. The molecule has 7 nitrogen and oxygen atoms in total. The first kappa shape index (κ1) is 25.6. The van der Waals surface area contributed by atoms with Crippen LogP contribution in [0.2, 0.25) is 0 Å². The predicted molar refractivity (Wildman–Crippen MR) is 137 cm³/mol. The number of unbranched alkanes of at least 4 members (excludes halogenated alkanes) is 3. The number of nitrogens with zero attached hydrogens (tertiary/aromatic N) is 2. The van der Waals surface area contributed by atoms with E-state index in [4.69, 9.17) is 14.5 Å². The number of rotatable bonds is 13. The molecule has 0 bridgehead atoms. The van der Waals surface area contributed by atoms with Gasteiger partial charge < -0.3 is 14.8 Å². The number of amides is 1. The second kappa shape index (κ2) is 13.0. The molecule has 3 rings (SSSR count). The third-order valence-corrected chi connectivity index (χ3v) is 6.55. The van der Waals surface area contributed by atoms with Crippen molar-refractivity contribution < 1.29 is 14.3 Å². The Morgan fingerprint density at radius 2 is 1.85 bits per heavy atom. The highest BCUT2D eigenvalue weighted by atomic mass is 32.2. The minimum atomic E-state index is -0.0922. The smallest absolute Gasteiger partial charge is 0.262 e. The summed E-state index contributed by atoms with van der Waals surface area (Å²) in [5.41, 5.74) is 1.66. The lowest BCUT2D eigenvalue weighted by molar-refractivity contribution is -0.118. The van der Waals surface area contributed by atoms with Crippen LogP contribution in [0.15, 0.2) is 52.4 Å². The molecule has 1 amide bonds. The van der Waals surface area contributed by atoms with Crippen LogP contribution in [-0.2, 0) is 17.8 Å². The standard InChI is InChI=1S/C26H33N3O4S/c1-4-5-6-9-16-29-25(31)20-10-7-8-11-21(20)28-26(29)34-18-24(30)27-15-14-19-12-13-22(32-2)23(17-19)33-3/h7-8,10-13,17H,4-6,9,14-16,18H2,1-3H3,(H,27,30). The van der Waals surface area contributed by atoms with Crippen LogP contribution < -0.4 is 20.3 Å². The predicted octanol–water partition coefficient (Wildman–Crippen LogP) is 4.45. The van der Waals surface area contributed by atoms with Crippen molar-refractivity contribution in [3.8, 4) is 11.5 Å². The van der Waals surface area contributed by atoms with Crippen molar-refractivity contribution >= 4 is 28.6 Å². The molecule has 2 aromatic carbocycles. The molecule has 0 aliphatic heterocycles. The maximum absolute atomic E-state index is 13.1. The van der Waals surface area contributed by atoms with Gasteiger partial charge in [-0.05, 0) is 42.7 Å². The molecule has 1 N–H and O–H groups in total. The fourth-order valence-electron chi connectivity index (χ4n) is 3.72. The average Bonchev–Trinajstić information content (AvgIpc) is 2.86. The summed E-state index contributed by atoms with van der Waals surface area (Å²) in [6.07, 6.45) is 4.93. The number of hydrogen-bond acceptors (Lipinski definition) is 6. The summed E-state index contributed by atoms with van der Waals surface area (Å²) < 4.78 is 12.3. The van der Waals surface area contributed by atoms with Crippen LogP contribution in [0.4, 0.5) is 0 Å². The van der Waals surface area contributed by atoms with Crippen molar-refractivity contribution in [1.82, 2.24) is 14.9 Å². The Morgan fingerprint density at radius 1 is 1.06 bits per heavy atom. The van der Waals surface area contributed by atoms with E-state index in [2.05, 4.69) is 12.2 Å². The Bertz CT molecular complexity index is 1160. The summed E-state index contributed by atoms with van der Waals surface area (Å²) in [5, 5.41) is 4.16. The molecule has 0 fully saturated rings. The van der Waals surface area contributed by atoms with E-state index in [1.165, 1.54) is 11.8 Å². The zero-order valence-corrected chi connectivity index (χ0v) is 21.0. The Kier molecular flexibility index (Phi) is 9.82. The van der Waals surface area contributed by atoms with E-state index in [0.29, 0.717) is 47.1 Å². The summed E-state index contributed by atoms with van der Waals surface area (Å²) >= 11 is 1.31. The molecule has 0 atom stereocenters. The molecule has 8 heteroatoms. The van der Waals surface area contributed by atoms with E-state index in [9.17, 15) is 9.59 Å². The number of hydrogen-bond donors (Lipinski definition) is 1. The number of benzene rings is 2. The highest BCUT2D eigenvalue weighted by Gasteiger charge is 2.13. The molecule has 34 heavy (non-hydrogen) atoms. The van der Waals surface area contributed by atoms with Gasteiger partial charge in [0.15, 0.2) is 16.7 Å². The van der Waals surface area contributed by atoms with Crippen molar-refractivity contribution in [3.63, 3.8) is 0 Å². The number of para-hydroxylation sites is 1. The SMILES string of the molecule is CCCCCCn1c(SCC(=O)NCCc2ccc(OC)c(OC)c2)nc2ccccc2c1=O. The lowest BCUT2D eigenvalue weighted by Crippen LogP contribution is -2.28. The fourth-order valence-corrected chi connectivity index (χ4v) is 4.57. The molecular weight excluding hydrogens is 450 g/mol. The van der Waals surface area contributed by atoms with Crippen LogP contribution in [0.25, 0.3) is 10.9 Å². The number of carbonyl (C=O) groups is 1. The van der Waals surface area contributed by atoms with Crippen LogP contribution in [0.1, 0.15) is 38.2 Å². The molecule has 1 heterocycles. The van der Waals surface area contributed by atoms with E-state index in [0.717, 1.165) is 31.2 Å². The fraction of sp³-hybridized carbons (Fsp3) is 0.423. The quantitative estimate of drug-likeness (QED) is 0.220. The van der Waals surface area contributed by atoms with Gasteiger partial charge in [-0.15, -0.1) is 0 Å². The third kappa shape index (κ3) is 6.76. The minimum absolute atomic E-state index is 0.0431. The van der Waals surface area contributed by atoms with Crippen molar-refractivity contribution in [2.24, 2.45) is 0 Å². The molecular formula is C26H33N3O4S. The van der Waals surface area contributed by atoms with Gasteiger partial charge in [0, 0.05) is 13.1 Å². The second-order valence-corrected chi connectivity index (χ2v) is 8.95. The monoisotopic (exact) mass is 483 g/mol. The molecule has 1 aromatic heterocycles. The van der Waals surface area contributed by atoms with E-state index >= 15 is 0 Å². The second-order valence-electron chi connectivity index (χ2n) is 8.01. The Hall–Kier alpha value is -3.00.